The minimum Gasteiger partial charge on any atom is -0.497 e. The van der Waals surface area contributed by atoms with E-state index in [0.717, 1.165) is 6.26 Å². The SMILES string of the molecule is COc1cccc(NC(=O)CN(C)C(=O)c2ccc(S(C)(=O)=O)cc2)c1. The summed E-state index contributed by atoms with van der Waals surface area (Å²) in [6.45, 7) is -0.149. The molecular formula is C18H20N2O5S. The molecule has 2 aromatic carbocycles. The molecule has 0 atom stereocenters. The van der Waals surface area contributed by atoms with E-state index in [1.807, 2.05) is 0 Å². The van der Waals surface area contributed by atoms with Gasteiger partial charge >= 0.3 is 0 Å². The van der Waals surface area contributed by atoms with Gasteiger partial charge in [0, 0.05) is 30.6 Å². The van der Waals surface area contributed by atoms with E-state index in [4.69, 9.17) is 4.74 Å². The van der Waals surface area contributed by atoms with Crippen molar-refractivity contribution in [3.63, 3.8) is 0 Å². The predicted molar refractivity (Wildman–Crippen MR) is 98.1 cm³/mol. The Kier molecular flexibility index (Phi) is 5.99. The normalized spacial score (nSPS) is 10.9. The molecule has 7 nitrogen and oxygen atoms in total. The van der Waals surface area contributed by atoms with E-state index in [1.54, 1.807) is 24.3 Å². The van der Waals surface area contributed by atoms with Crippen molar-refractivity contribution in [2.45, 2.75) is 4.90 Å². The molecule has 8 heteroatoms. The highest BCUT2D eigenvalue weighted by Gasteiger charge is 2.16. The number of rotatable bonds is 6. The Morgan fingerprint density at radius 3 is 2.35 bits per heavy atom. The average Bonchev–Trinajstić information content (AvgIpc) is 2.60. The Bertz CT molecular complexity index is 907. The zero-order valence-corrected chi connectivity index (χ0v) is 15.5. The van der Waals surface area contributed by atoms with Gasteiger partial charge in [0.05, 0.1) is 18.6 Å². The van der Waals surface area contributed by atoms with Crippen LogP contribution >= 0.6 is 0 Å². The second-order valence-electron chi connectivity index (χ2n) is 5.74. The summed E-state index contributed by atoms with van der Waals surface area (Å²) in [5.41, 5.74) is 0.863. The molecule has 0 aliphatic rings. The summed E-state index contributed by atoms with van der Waals surface area (Å²) in [6, 6.07) is 12.5. The van der Waals surface area contributed by atoms with Gasteiger partial charge in [0.2, 0.25) is 5.91 Å². The Morgan fingerprint density at radius 2 is 1.77 bits per heavy atom. The maximum atomic E-state index is 12.4. The van der Waals surface area contributed by atoms with E-state index in [0.29, 0.717) is 17.0 Å². The molecule has 0 fully saturated rings. The highest BCUT2D eigenvalue weighted by atomic mass is 32.2. The minimum absolute atomic E-state index is 0.132. The van der Waals surface area contributed by atoms with Crippen molar-refractivity contribution in [2.24, 2.45) is 0 Å². The molecule has 2 aromatic rings. The molecule has 0 aliphatic heterocycles. The van der Waals surface area contributed by atoms with Gasteiger partial charge in [-0.1, -0.05) is 6.07 Å². The molecule has 2 rings (SSSR count). The van der Waals surface area contributed by atoms with Crippen LogP contribution in [0.5, 0.6) is 5.75 Å². The van der Waals surface area contributed by atoms with Crippen LogP contribution in [0, 0.1) is 0 Å². The third-order valence-electron chi connectivity index (χ3n) is 3.61. The van der Waals surface area contributed by atoms with Gasteiger partial charge < -0.3 is 15.0 Å². The molecule has 1 N–H and O–H groups in total. The van der Waals surface area contributed by atoms with Crippen LogP contribution in [-0.4, -0.2) is 52.1 Å². The Labute approximate surface area is 152 Å². The Balaban J connectivity index is 2.00. The van der Waals surface area contributed by atoms with Crippen molar-refractivity contribution in [2.75, 3.05) is 32.3 Å². The first-order valence-corrected chi connectivity index (χ1v) is 9.59. The van der Waals surface area contributed by atoms with Crippen LogP contribution in [0.15, 0.2) is 53.4 Å². The highest BCUT2D eigenvalue weighted by molar-refractivity contribution is 7.90. The van der Waals surface area contributed by atoms with Gasteiger partial charge in [-0.15, -0.1) is 0 Å². The zero-order chi connectivity index (χ0) is 19.3. The average molecular weight is 376 g/mol. The fourth-order valence-corrected chi connectivity index (χ4v) is 2.88. The first-order chi connectivity index (χ1) is 12.2. The lowest BCUT2D eigenvalue weighted by atomic mass is 10.2. The number of hydrogen-bond acceptors (Lipinski definition) is 5. The van der Waals surface area contributed by atoms with Crippen LogP contribution < -0.4 is 10.1 Å². The van der Waals surface area contributed by atoms with Crippen molar-refractivity contribution in [1.82, 2.24) is 4.90 Å². The minimum atomic E-state index is -3.32. The predicted octanol–water partition coefficient (Wildman–Crippen LogP) is 1.81. The van der Waals surface area contributed by atoms with Crippen LogP contribution in [0.2, 0.25) is 0 Å². The number of amides is 2. The third-order valence-corrected chi connectivity index (χ3v) is 4.74. The second kappa shape index (κ2) is 8.01. The fourth-order valence-electron chi connectivity index (χ4n) is 2.25. The molecule has 138 valence electrons. The Morgan fingerprint density at radius 1 is 1.12 bits per heavy atom. The van der Waals surface area contributed by atoms with Crippen molar-refractivity contribution >= 4 is 27.3 Å². The summed E-state index contributed by atoms with van der Waals surface area (Å²) in [5, 5.41) is 2.69. The van der Waals surface area contributed by atoms with Crippen molar-refractivity contribution in [3.8, 4) is 5.75 Å². The highest BCUT2D eigenvalue weighted by Crippen LogP contribution is 2.17. The lowest BCUT2D eigenvalue weighted by Gasteiger charge is -2.17. The topological polar surface area (TPSA) is 92.8 Å². The van der Waals surface area contributed by atoms with Gasteiger partial charge in [-0.25, -0.2) is 8.42 Å². The largest absolute Gasteiger partial charge is 0.497 e. The van der Waals surface area contributed by atoms with E-state index >= 15 is 0 Å². The van der Waals surface area contributed by atoms with Crippen LogP contribution in [0.3, 0.4) is 0 Å². The summed E-state index contributed by atoms with van der Waals surface area (Å²) < 4.78 is 28.0. The summed E-state index contributed by atoms with van der Waals surface area (Å²) >= 11 is 0. The molecule has 0 radical (unpaired) electrons. The van der Waals surface area contributed by atoms with Gasteiger partial charge in [0.25, 0.3) is 5.91 Å². The maximum Gasteiger partial charge on any atom is 0.254 e. The molecule has 0 bridgehead atoms. The number of methoxy groups -OCH3 is 1. The number of carbonyl (C=O) groups is 2. The van der Waals surface area contributed by atoms with Crippen molar-refractivity contribution in [3.05, 3.63) is 54.1 Å². The number of sulfone groups is 1. The first-order valence-electron chi connectivity index (χ1n) is 7.70. The van der Waals surface area contributed by atoms with Crippen molar-refractivity contribution < 1.29 is 22.7 Å². The molecule has 0 aliphatic carbocycles. The van der Waals surface area contributed by atoms with Gasteiger partial charge in [-0.05, 0) is 36.4 Å². The molecule has 0 saturated carbocycles. The molecule has 2 amide bonds. The number of carbonyl (C=O) groups excluding carboxylic acids is 2. The number of anilines is 1. The van der Waals surface area contributed by atoms with E-state index in [9.17, 15) is 18.0 Å². The van der Waals surface area contributed by atoms with Crippen LogP contribution in [-0.2, 0) is 14.6 Å². The first kappa shape index (κ1) is 19.5. The van der Waals surface area contributed by atoms with Crippen LogP contribution in [0.1, 0.15) is 10.4 Å². The maximum absolute atomic E-state index is 12.4. The number of hydrogen-bond donors (Lipinski definition) is 1. The van der Waals surface area contributed by atoms with E-state index in [2.05, 4.69) is 5.32 Å². The number of benzene rings is 2. The summed E-state index contributed by atoms with van der Waals surface area (Å²) in [4.78, 5) is 25.9. The molecule has 0 heterocycles. The van der Waals surface area contributed by atoms with Gasteiger partial charge in [-0.2, -0.15) is 0 Å². The number of nitrogens with zero attached hydrogens (tertiary/aromatic N) is 1. The van der Waals surface area contributed by atoms with Gasteiger partial charge in [0.15, 0.2) is 9.84 Å². The van der Waals surface area contributed by atoms with E-state index in [1.165, 1.54) is 43.3 Å². The molecule has 0 saturated heterocycles. The van der Waals surface area contributed by atoms with Crippen molar-refractivity contribution in [1.29, 1.82) is 0 Å². The summed E-state index contributed by atoms with van der Waals surface area (Å²) in [6.07, 6.45) is 1.10. The van der Waals surface area contributed by atoms with Gasteiger partial charge in [0.1, 0.15) is 5.75 Å². The summed E-state index contributed by atoms with van der Waals surface area (Å²) in [7, 11) is -0.296. The zero-order valence-electron chi connectivity index (χ0n) is 14.7. The monoisotopic (exact) mass is 376 g/mol. The lowest BCUT2D eigenvalue weighted by Crippen LogP contribution is -2.34. The molecular weight excluding hydrogens is 356 g/mol. The smallest absolute Gasteiger partial charge is 0.254 e. The third kappa shape index (κ3) is 5.06. The number of ether oxygens (including phenoxy) is 1. The quantitative estimate of drug-likeness (QED) is 0.830. The van der Waals surface area contributed by atoms with Crippen LogP contribution in [0.4, 0.5) is 5.69 Å². The second-order valence-corrected chi connectivity index (χ2v) is 7.75. The van der Waals surface area contributed by atoms with Gasteiger partial charge in [-0.3, -0.25) is 9.59 Å². The number of likely N-dealkylation sites (N-methyl/N-ethyl adjacent to an activating group) is 1. The van der Waals surface area contributed by atoms with E-state index in [-0.39, 0.29) is 23.3 Å². The molecule has 0 unspecified atom stereocenters. The lowest BCUT2D eigenvalue weighted by molar-refractivity contribution is -0.116. The van der Waals surface area contributed by atoms with Crippen LogP contribution in [0.25, 0.3) is 0 Å². The molecule has 0 spiro atoms. The van der Waals surface area contributed by atoms with E-state index < -0.39 is 9.84 Å². The standard InChI is InChI=1S/C18H20N2O5S/c1-20(12-17(21)19-14-5-4-6-15(11-14)25-2)18(22)13-7-9-16(10-8-13)26(3,23)24/h4-11H,12H2,1-3H3,(H,19,21). The Hall–Kier alpha value is -2.87. The molecule has 0 aromatic heterocycles. The number of nitrogens with one attached hydrogen (secondary N) is 1. The summed E-state index contributed by atoms with van der Waals surface area (Å²) in [5.74, 6) is -0.133. The molecule has 26 heavy (non-hydrogen) atoms. The fraction of sp³-hybridized carbons (Fsp3) is 0.222.